The lowest BCUT2D eigenvalue weighted by atomic mass is 9.67. The van der Waals surface area contributed by atoms with Crippen LogP contribution in [0.1, 0.15) is 85.0 Å². The lowest BCUT2D eigenvalue weighted by molar-refractivity contribution is -0.144. The SMILES string of the molecule is CC1=C(CCCOC(=O)CNC(=O)[C@@H]2CSSCCC(=O)N[C@@H](CC(N)=O)C(=O)CCC(=O)N[C@@H](CCCN=C(N)N)C(=O)N2)C2=C(C)C3(CC3)[C@@](C)(O)C(=O)C2=C1. The number of primary amides is 1. The molecule has 1 saturated carbocycles. The minimum atomic E-state index is -1.44. The third kappa shape index (κ3) is 11.7. The van der Waals surface area contributed by atoms with Gasteiger partial charge < -0.3 is 48.3 Å². The zero-order chi connectivity index (χ0) is 42.8. The molecule has 2 fully saturated rings. The van der Waals surface area contributed by atoms with Crippen LogP contribution in [0.2, 0.25) is 0 Å². The Labute approximate surface area is 344 Å². The lowest BCUT2D eigenvalue weighted by Crippen LogP contribution is -2.55. The second kappa shape index (κ2) is 20.3. The van der Waals surface area contributed by atoms with Crippen molar-refractivity contribution in [3.8, 4) is 0 Å². The molecule has 5 amide bonds. The largest absolute Gasteiger partial charge is 0.464 e. The minimum Gasteiger partial charge on any atom is -0.464 e. The van der Waals surface area contributed by atoms with Crippen LogP contribution >= 0.6 is 21.6 Å². The van der Waals surface area contributed by atoms with Gasteiger partial charge in [0, 0.05) is 48.3 Å². The highest BCUT2D eigenvalue weighted by Gasteiger charge is 2.65. The number of ether oxygens (including phenoxy) is 1. The zero-order valence-corrected chi connectivity index (χ0v) is 34.7. The first-order valence-electron chi connectivity index (χ1n) is 19.2. The molecule has 0 radical (unpaired) electrons. The van der Waals surface area contributed by atoms with Gasteiger partial charge in [-0.25, -0.2) is 0 Å². The number of rotatable bonds is 13. The Balaban J connectivity index is 1.36. The second-order valence-electron chi connectivity index (χ2n) is 15.0. The minimum absolute atomic E-state index is 0.00926. The number of fused-ring (bicyclic) bond motifs is 1. The average molecular weight is 847 g/mol. The molecule has 0 bridgehead atoms. The Morgan fingerprint density at radius 2 is 1.66 bits per heavy atom. The van der Waals surface area contributed by atoms with Gasteiger partial charge in [-0.15, -0.1) is 0 Å². The van der Waals surface area contributed by atoms with Gasteiger partial charge in [0.25, 0.3) is 0 Å². The first kappa shape index (κ1) is 46.0. The molecule has 0 unspecified atom stereocenters. The maximum absolute atomic E-state index is 13.6. The average Bonchev–Trinajstić information content (AvgIpc) is 3.91. The van der Waals surface area contributed by atoms with Crippen LogP contribution in [-0.2, 0) is 43.1 Å². The molecular formula is C38H54N8O10S2. The Morgan fingerprint density at radius 1 is 0.966 bits per heavy atom. The van der Waals surface area contributed by atoms with Crippen molar-refractivity contribution in [3.63, 3.8) is 0 Å². The van der Waals surface area contributed by atoms with E-state index in [1.165, 1.54) is 21.6 Å². The number of Topliss-reactive ketones (excluding diaryl/α,β-unsaturated/α-hetero) is 2. The molecular weight excluding hydrogens is 793 g/mol. The molecule has 318 valence electrons. The lowest BCUT2D eigenvalue weighted by Gasteiger charge is -2.39. The number of guanidine groups is 1. The van der Waals surface area contributed by atoms with Crippen LogP contribution in [0.5, 0.6) is 0 Å². The summed E-state index contributed by atoms with van der Waals surface area (Å²) in [5.74, 6) is -4.87. The summed E-state index contributed by atoms with van der Waals surface area (Å²) in [6, 6.07) is -3.56. The van der Waals surface area contributed by atoms with Gasteiger partial charge in [0.2, 0.25) is 29.5 Å². The maximum atomic E-state index is 13.6. The van der Waals surface area contributed by atoms with E-state index in [0.717, 1.165) is 35.1 Å². The van der Waals surface area contributed by atoms with Gasteiger partial charge in [-0.05, 0) is 82.1 Å². The number of hydrogen-bond acceptors (Lipinski definition) is 13. The molecule has 11 N–H and O–H groups in total. The Bertz CT molecular complexity index is 1820. The van der Waals surface area contributed by atoms with Crippen LogP contribution in [0.15, 0.2) is 38.9 Å². The van der Waals surface area contributed by atoms with Gasteiger partial charge in [-0.1, -0.05) is 27.2 Å². The third-order valence-electron chi connectivity index (χ3n) is 10.8. The number of aliphatic imine (C=N–C) groups is 1. The smallest absolute Gasteiger partial charge is 0.325 e. The Morgan fingerprint density at radius 3 is 2.33 bits per heavy atom. The van der Waals surface area contributed by atoms with Gasteiger partial charge in [0.15, 0.2) is 17.5 Å². The number of hydrogen-bond donors (Lipinski definition) is 8. The molecule has 1 aliphatic heterocycles. The number of nitrogens with two attached hydrogens (primary N) is 3. The number of carbonyl (C=O) groups is 8. The molecule has 20 heteroatoms. The van der Waals surface area contributed by atoms with E-state index in [-0.39, 0.29) is 68.5 Å². The first-order chi connectivity index (χ1) is 27.4. The summed E-state index contributed by atoms with van der Waals surface area (Å²) in [6.07, 6.45) is 3.41. The molecule has 58 heavy (non-hydrogen) atoms. The standard InChI is InChI=1S/C38H54N8O10S2/c1-20-16-23-32(21(2)38(11-12-38)37(3,55)33(23)52)22(20)6-5-14-56-31(51)18-43-34(53)26-19-58-57-15-10-30(50)45-25(17-28(39)48)27(47)8-9-29(49)44-24(35(54)46-26)7-4-13-42-36(40)41/h16,24-26,55H,4-15,17-19H2,1-3H3,(H2,39,48)(H,43,53)(H,44,49)(H,45,50)(H,46,54)(H4,40,41,42)/t24-,25-,26-,37-/m0/s1. The number of nitrogens with one attached hydrogen (secondary N) is 4. The van der Waals surface area contributed by atoms with Crippen LogP contribution in [0.3, 0.4) is 0 Å². The zero-order valence-electron chi connectivity index (χ0n) is 33.0. The van der Waals surface area contributed by atoms with Crippen LogP contribution in [0.25, 0.3) is 0 Å². The van der Waals surface area contributed by atoms with Gasteiger partial charge in [0.05, 0.1) is 19.1 Å². The van der Waals surface area contributed by atoms with Crippen LogP contribution in [-0.4, -0.2) is 113 Å². The molecule has 0 aromatic rings. The van der Waals surface area contributed by atoms with E-state index in [0.29, 0.717) is 18.4 Å². The maximum Gasteiger partial charge on any atom is 0.325 e. The van der Waals surface area contributed by atoms with Crippen molar-refractivity contribution >= 4 is 74.6 Å². The first-order valence-corrected chi connectivity index (χ1v) is 21.7. The fraction of sp³-hybridized carbons (Fsp3) is 0.605. The van der Waals surface area contributed by atoms with Crippen molar-refractivity contribution in [1.29, 1.82) is 0 Å². The van der Waals surface area contributed by atoms with Gasteiger partial charge in [-0.3, -0.25) is 43.3 Å². The van der Waals surface area contributed by atoms with Gasteiger partial charge in [-0.2, -0.15) is 0 Å². The molecule has 4 atom stereocenters. The van der Waals surface area contributed by atoms with Crippen LogP contribution < -0.4 is 38.5 Å². The van der Waals surface area contributed by atoms with Crippen molar-refractivity contribution in [1.82, 2.24) is 21.3 Å². The number of carbonyl (C=O) groups excluding carboxylic acids is 8. The summed E-state index contributed by atoms with van der Waals surface area (Å²) < 4.78 is 5.41. The van der Waals surface area contributed by atoms with Gasteiger partial charge in [0.1, 0.15) is 24.2 Å². The number of ketones is 2. The van der Waals surface area contributed by atoms with E-state index in [9.17, 15) is 43.5 Å². The monoisotopic (exact) mass is 846 g/mol. The molecule has 0 aromatic carbocycles. The Kier molecular flexibility index (Phi) is 16.1. The van der Waals surface area contributed by atoms with Crippen LogP contribution in [0.4, 0.5) is 0 Å². The highest BCUT2D eigenvalue weighted by molar-refractivity contribution is 8.76. The molecule has 4 rings (SSSR count). The molecule has 1 saturated heterocycles. The van der Waals surface area contributed by atoms with Crippen molar-refractivity contribution in [2.45, 2.75) is 109 Å². The van der Waals surface area contributed by atoms with Crippen molar-refractivity contribution in [2.75, 3.05) is 31.2 Å². The predicted octanol–water partition coefficient (Wildman–Crippen LogP) is -0.369. The number of nitrogens with zero attached hydrogens (tertiary/aromatic N) is 1. The normalized spacial score (nSPS) is 25.5. The summed E-state index contributed by atoms with van der Waals surface area (Å²) >= 11 is 0. The van der Waals surface area contributed by atoms with E-state index in [1.54, 1.807) is 6.92 Å². The molecule has 1 heterocycles. The topological polar surface area (TPSA) is 305 Å². The fourth-order valence-electron chi connectivity index (χ4n) is 7.43. The van der Waals surface area contributed by atoms with E-state index >= 15 is 0 Å². The summed E-state index contributed by atoms with van der Waals surface area (Å²) in [7, 11) is 2.39. The van der Waals surface area contributed by atoms with E-state index in [2.05, 4.69) is 26.3 Å². The van der Waals surface area contributed by atoms with E-state index in [1.807, 2.05) is 19.9 Å². The number of amides is 5. The van der Waals surface area contributed by atoms with Crippen molar-refractivity contribution in [2.24, 2.45) is 27.6 Å². The third-order valence-corrected chi connectivity index (χ3v) is 13.2. The molecule has 18 nitrogen and oxygen atoms in total. The van der Waals surface area contributed by atoms with E-state index in [4.69, 9.17) is 21.9 Å². The number of esters is 1. The molecule has 0 aromatic heterocycles. The highest BCUT2D eigenvalue weighted by atomic mass is 33.1. The second-order valence-corrected chi connectivity index (χ2v) is 17.6. The van der Waals surface area contributed by atoms with E-state index < -0.39 is 83.4 Å². The van der Waals surface area contributed by atoms with Crippen molar-refractivity contribution < 1.29 is 48.2 Å². The fourth-order valence-corrected chi connectivity index (χ4v) is 9.59. The molecule has 3 aliphatic carbocycles. The Hall–Kier alpha value is -4.69. The number of aliphatic hydroxyl groups is 1. The van der Waals surface area contributed by atoms with Gasteiger partial charge >= 0.3 is 5.97 Å². The number of allylic oxidation sites excluding steroid dienone is 4. The highest BCUT2D eigenvalue weighted by Crippen LogP contribution is 2.65. The summed E-state index contributed by atoms with van der Waals surface area (Å²) in [5, 5.41) is 21.3. The summed E-state index contributed by atoms with van der Waals surface area (Å²) in [4.78, 5) is 107. The molecule has 4 aliphatic rings. The molecule has 1 spiro atoms. The summed E-state index contributed by atoms with van der Waals surface area (Å²) in [5.41, 5.74) is 18.4. The summed E-state index contributed by atoms with van der Waals surface area (Å²) in [6.45, 7) is 5.18. The quantitative estimate of drug-likeness (QED) is 0.0386. The van der Waals surface area contributed by atoms with Crippen molar-refractivity contribution in [3.05, 3.63) is 33.9 Å². The predicted molar refractivity (Wildman–Crippen MR) is 217 cm³/mol. The van der Waals surface area contributed by atoms with Crippen LogP contribution in [0, 0.1) is 5.41 Å².